The zero-order valence-corrected chi connectivity index (χ0v) is 11.1. The largest absolute Gasteiger partial charge is 0.507 e. The van der Waals surface area contributed by atoms with E-state index in [2.05, 4.69) is 0 Å². The highest BCUT2D eigenvalue weighted by Crippen LogP contribution is 2.19. The molecule has 0 unspecified atom stereocenters. The Kier molecular flexibility index (Phi) is 6.24. The first-order valence-corrected chi connectivity index (χ1v) is 5.85. The standard InChI is InChI=1S/C13H18FNO4/c1-18-7-5-15(6-8-19-2)13(17)11-4-3-10(14)9-12(11)16/h3-4,9,16H,5-8H2,1-2H3. The number of phenolic OH excluding ortho intramolecular Hbond substituents is 1. The van der Waals surface area contributed by atoms with Gasteiger partial charge in [0.1, 0.15) is 11.6 Å². The Morgan fingerprint density at radius 2 is 1.84 bits per heavy atom. The monoisotopic (exact) mass is 271 g/mol. The number of rotatable bonds is 7. The third-order valence-electron chi connectivity index (χ3n) is 2.61. The number of benzene rings is 1. The van der Waals surface area contributed by atoms with Crippen molar-refractivity contribution in [3.05, 3.63) is 29.6 Å². The molecule has 0 saturated heterocycles. The van der Waals surface area contributed by atoms with Gasteiger partial charge >= 0.3 is 0 Å². The van der Waals surface area contributed by atoms with Crippen molar-refractivity contribution >= 4 is 5.91 Å². The van der Waals surface area contributed by atoms with Crippen molar-refractivity contribution in [1.29, 1.82) is 0 Å². The molecule has 5 nitrogen and oxygen atoms in total. The molecule has 0 atom stereocenters. The molecular weight excluding hydrogens is 253 g/mol. The molecular formula is C13H18FNO4. The molecule has 0 aliphatic heterocycles. The van der Waals surface area contributed by atoms with Crippen LogP contribution in [0.25, 0.3) is 0 Å². The number of ether oxygens (including phenoxy) is 2. The predicted molar refractivity (Wildman–Crippen MR) is 67.7 cm³/mol. The van der Waals surface area contributed by atoms with Crippen LogP contribution in [0.4, 0.5) is 4.39 Å². The minimum Gasteiger partial charge on any atom is -0.507 e. The zero-order valence-electron chi connectivity index (χ0n) is 11.1. The summed E-state index contributed by atoms with van der Waals surface area (Å²) in [7, 11) is 3.07. The average molecular weight is 271 g/mol. The minimum atomic E-state index is -0.589. The first kappa shape index (κ1) is 15.4. The number of carbonyl (C=O) groups excluding carboxylic acids is 1. The Morgan fingerprint density at radius 1 is 1.26 bits per heavy atom. The van der Waals surface area contributed by atoms with E-state index in [1.807, 2.05) is 0 Å². The van der Waals surface area contributed by atoms with E-state index in [1.165, 1.54) is 25.2 Å². The molecule has 1 rings (SSSR count). The van der Waals surface area contributed by atoms with Gasteiger partial charge in [0.15, 0.2) is 0 Å². The number of carbonyl (C=O) groups is 1. The highest BCUT2D eigenvalue weighted by Gasteiger charge is 2.18. The number of hydrogen-bond donors (Lipinski definition) is 1. The molecule has 106 valence electrons. The highest BCUT2D eigenvalue weighted by atomic mass is 19.1. The molecule has 1 aromatic carbocycles. The van der Waals surface area contributed by atoms with Gasteiger partial charge in [-0.2, -0.15) is 0 Å². The summed E-state index contributed by atoms with van der Waals surface area (Å²) in [6.45, 7) is 1.49. The second kappa shape index (κ2) is 7.70. The van der Waals surface area contributed by atoms with Crippen LogP contribution in [0.1, 0.15) is 10.4 Å². The molecule has 0 radical (unpaired) electrons. The summed E-state index contributed by atoms with van der Waals surface area (Å²) < 4.78 is 22.8. The number of hydrogen-bond acceptors (Lipinski definition) is 4. The maximum absolute atomic E-state index is 12.9. The van der Waals surface area contributed by atoms with Gasteiger partial charge in [-0.05, 0) is 12.1 Å². The summed E-state index contributed by atoms with van der Waals surface area (Å²) in [4.78, 5) is 13.7. The fraction of sp³-hybridized carbons (Fsp3) is 0.462. The average Bonchev–Trinajstić information content (AvgIpc) is 2.38. The van der Waals surface area contributed by atoms with Crippen LogP contribution < -0.4 is 0 Å². The van der Waals surface area contributed by atoms with Gasteiger partial charge in [0.05, 0.1) is 18.8 Å². The summed E-state index contributed by atoms with van der Waals surface area (Å²) in [6.07, 6.45) is 0. The highest BCUT2D eigenvalue weighted by molar-refractivity contribution is 5.96. The van der Waals surface area contributed by atoms with Crippen molar-refractivity contribution in [2.24, 2.45) is 0 Å². The number of phenols is 1. The smallest absolute Gasteiger partial charge is 0.257 e. The molecule has 0 bridgehead atoms. The molecule has 19 heavy (non-hydrogen) atoms. The predicted octanol–water partition coefficient (Wildman–Crippen LogP) is 1.27. The lowest BCUT2D eigenvalue weighted by atomic mass is 10.1. The van der Waals surface area contributed by atoms with Crippen LogP contribution >= 0.6 is 0 Å². The fourth-order valence-corrected chi connectivity index (χ4v) is 1.57. The molecule has 0 aliphatic rings. The zero-order chi connectivity index (χ0) is 14.3. The third-order valence-corrected chi connectivity index (χ3v) is 2.61. The second-order valence-corrected chi connectivity index (χ2v) is 3.94. The van der Waals surface area contributed by atoms with Gasteiger partial charge in [-0.15, -0.1) is 0 Å². The van der Waals surface area contributed by atoms with Crippen molar-refractivity contribution < 1.29 is 23.8 Å². The van der Waals surface area contributed by atoms with E-state index in [9.17, 15) is 14.3 Å². The SMILES string of the molecule is COCCN(CCOC)C(=O)c1ccc(F)cc1O. The van der Waals surface area contributed by atoms with Crippen LogP contribution in [-0.4, -0.2) is 56.4 Å². The summed E-state index contributed by atoms with van der Waals surface area (Å²) in [6, 6.07) is 3.31. The molecule has 6 heteroatoms. The van der Waals surface area contributed by atoms with Gasteiger partial charge in [0.2, 0.25) is 0 Å². The van der Waals surface area contributed by atoms with Crippen molar-refractivity contribution in [3.8, 4) is 5.75 Å². The first-order chi connectivity index (χ1) is 9.10. The van der Waals surface area contributed by atoms with Gasteiger partial charge in [-0.1, -0.05) is 0 Å². The summed E-state index contributed by atoms with van der Waals surface area (Å²) in [5.41, 5.74) is 0.0635. The molecule has 0 fully saturated rings. The van der Waals surface area contributed by atoms with E-state index in [4.69, 9.17) is 9.47 Å². The molecule has 0 saturated carbocycles. The lowest BCUT2D eigenvalue weighted by Gasteiger charge is -2.22. The van der Waals surface area contributed by atoms with Crippen molar-refractivity contribution in [2.75, 3.05) is 40.5 Å². The lowest BCUT2D eigenvalue weighted by molar-refractivity contribution is 0.0624. The number of halogens is 1. The normalized spacial score (nSPS) is 10.5. The Morgan fingerprint density at radius 3 is 2.32 bits per heavy atom. The number of methoxy groups -OCH3 is 2. The van der Waals surface area contributed by atoms with Crippen molar-refractivity contribution in [2.45, 2.75) is 0 Å². The van der Waals surface area contributed by atoms with Crippen LogP contribution in [0.5, 0.6) is 5.75 Å². The lowest BCUT2D eigenvalue weighted by Crippen LogP contribution is -2.36. The third kappa shape index (κ3) is 4.50. The molecule has 0 aromatic heterocycles. The van der Waals surface area contributed by atoms with Gasteiger partial charge in [0.25, 0.3) is 5.91 Å². The summed E-state index contributed by atoms with van der Waals surface area (Å²) in [5, 5.41) is 9.61. The summed E-state index contributed by atoms with van der Waals surface area (Å²) in [5.74, 6) is -1.34. The molecule has 0 aliphatic carbocycles. The Balaban J connectivity index is 2.84. The van der Waals surface area contributed by atoms with Crippen LogP contribution in [0.15, 0.2) is 18.2 Å². The molecule has 0 heterocycles. The Labute approximate surface area is 111 Å². The van der Waals surface area contributed by atoms with Crippen LogP contribution in [0.2, 0.25) is 0 Å². The quantitative estimate of drug-likeness (QED) is 0.811. The second-order valence-electron chi connectivity index (χ2n) is 3.94. The minimum absolute atomic E-state index is 0.0635. The maximum Gasteiger partial charge on any atom is 0.257 e. The van der Waals surface area contributed by atoms with E-state index >= 15 is 0 Å². The van der Waals surface area contributed by atoms with Crippen LogP contribution in [0.3, 0.4) is 0 Å². The Bertz CT molecular complexity index is 417. The van der Waals surface area contributed by atoms with Crippen molar-refractivity contribution in [3.63, 3.8) is 0 Å². The van der Waals surface area contributed by atoms with Gasteiger partial charge in [0, 0.05) is 33.4 Å². The molecule has 1 aromatic rings. The van der Waals surface area contributed by atoms with Crippen LogP contribution in [0, 0.1) is 5.82 Å². The van der Waals surface area contributed by atoms with E-state index in [0.717, 1.165) is 12.1 Å². The topological polar surface area (TPSA) is 59.0 Å². The van der Waals surface area contributed by atoms with E-state index in [1.54, 1.807) is 0 Å². The van der Waals surface area contributed by atoms with Crippen LogP contribution in [-0.2, 0) is 9.47 Å². The number of nitrogens with zero attached hydrogens (tertiary/aromatic N) is 1. The molecule has 1 N–H and O–H groups in total. The fourth-order valence-electron chi connectivity index (χ4n) is 1.57. The number of aromatic hydroxyl groups is 1. The van der Waals surface area contributed by atoms with Crippen molar-refractivity contribution in [1.82, 2.24) is 4.90 Å². The summed E-state index contributed by atoms with van der Waals surface area (Å²) >= 11 is 0. The molecule has 0 spiro atoms. The van der Waals surface area contributed by atoms with E-state index < -0.39 is 5.82 Å². The molecule has 1 amide bonds. The van der Waals surface area contributed by atoms with E-state index in [0.29, 0.717) is 26.3 Å². The number of amides is 1. The maximum atomic E-state index is 12.9. The van der Waals surface area contributed by atoms with Gasteiger partial charge in [-0.3, -0.25) is 4.79 Å². The van der Waals surface area contributed by atoms with Gasteiger partial charge < -0.3 is 19.5 Å². The van der Waals surface area contributed by atoms with E-state index in [-0.39, 0.29) is 17.2 Å². The first-order valence-electron chi connectivity index (χ1n) is 5.85. The Hall–Kier alpha value is -1.66. The van der Waals surface area contributed by atoms with Gasteiger partial charge in [-0.25, -0.2) is 4.39 Å².